The van der Waals surface area contributed by atoms with Crippen molar-refractivity contribution < 1.29 is 0 Å². The normalized spacial score (nSPS) is 30.0. The third kappa shape index (κ3) is 3.07. The van der Waals surface area contributed by atoms with Crippen LogP contribution in [0.2, 0.25) is 0 Å². The first-order valence-electron chi connectivity index (χ1n) is 8.23. The summed E-state index contributed by atoms with van der Waals surface area (Å²) in [6, 6.07) is 2.40. The van der Waals surface area contributed by atoms with Gasteiger partial charge in [0.2, 0.25) is 0 Å². The molecule has 0 aliphatic carbocycles. The molecule has 2 saturated heterocycles. The van der Waals surface area contributed by atoms with Crippen molar-refractivity contribution in [1.82, 2.24) is 20.0 Å². The molecule has 20 heavy (non-hydrogen) atoms. The fourth-order valence-corrected chi connectivity index (χ4v) is 4.01. The van der Waals surface area contributed by atoms with Crippen LogP contribution in [-0.4, -0.2) is 45.9 Å². The van der Waals surface area contributed by atoms with E-state index in [9.17, 15) is 0 Å². The van der Waals surface area contributed by atoms with Crippen LogP contribution in [0, 0.1) is 0 Å². The number of nitrogens with one attached hydrogen (secondary N) is 1. The van der Waals surface area contributed by atoms with E-state index < -0.39 is 0 Å². The molecule has 2 atom stereocenters. The lowest BCUT2D eigenvalue weighted by Gasteiger charge is -2.39. The highest BCUT2D eigenvalue weighted by molar-refractivity contribution is 5.06. The maximum absolute atomic E-state index is 4.27. The number of hydrogen-bond acceptors (Lipinski definition) is 3. The van der Waals surface area contributed by atoms with Gasteiger partial charge in [0, 0.05) is 37.9 Å². The van der Waals surface area contributed by atoms with Crippen LogP contribution < -0.4 is 5.32 Å². The van der Waals surface area contributed by atoms with Gasteiger partial charge < -0.3 is 5.32 Å². The van der Waals surface area contributed by atoms with E-state index in [1.807, 2.05) is 17.9 Å². The molecular weight excluding hydrogens is 248 g/mol. The molecule has 2 bridgehead atoms. The Morgan fingerprint density at radius 3 is 2.65 bits per heavy atom. The van der Waals surface area contributed by atoms with Crippen LogP contribution in [0.3, 0.4) is 0 Å². The van der Waals surface area contributed by atoms with Gasteiger partial charge >= 0.3 is 0 Å². The molecule has 2 aliphatic heterocycles. The first kappa shape index (κ1) is 14.1. The Morgan fingerprint density at radius 2 is 2.05 bits per heavy atom. The van der Waals surface area contributed by atoms with Gasteiger partial charge in [0.05, 0.1) is 6.20 Å². The van der Waals surface area contributed by atoms with E-state index in [0.29, 0.717) is 0 Å². The predicted molar refractivity (Wildman–Crippen MR) is 81.7 cm³/mol. The summed E-state index contributed by atoms with van der Waals surface area (Å²) >= 11 is 0. The average Bonchev–Trinajstić information content (AvgIpc) is 2.95. The molecule has 2 fully saturated rings. The second kappa shape index (κ2) is 6.27. The van der Waals surface area contributed by atoms with Gasteiger partial charge in [-0.25, -0.2) is 0 Å². The van der Waals surface area contributed by atoms with Gasteiger partial charge in [-0.3, -0.25) is 9.58 Å². The minimum Gasteiger partial charge on any atom is -0.314 e. The molecule has 0 saturated carbocycles. The molecule has 1 N–H and O–H groups in total. The minimum atomic E-state index is 0.766. The fourth-order valence-electron chi connectivity index (χ4n) is 4.01. The second-order valence-electron chi connectivity index (χ2n) is 6.52. The van der Waals surface area contributed by atoms with Crippen LogP contribution in [0.25, 0.3) is 0 Å². The maximum atomic E-state index is 4.27. The van der Waals surface area contributed by atoms with Crippen molar-refractivity contribution in [3.8, 4) is 0 Å². The van der Waals surface area contributed by atoms with E-state index >= 15 is 0 Å². The van der Waals surface area contributed by atoms with Crippen LogP contribution in [0.4, 0.5) is 0 Å². The molecule has 1 aromatic heterocycles. The Kier molecular flexibility index (Phi) is 4.41. The Balaban J connectivity index is 1.52. The van der Waals surface area contributed by atoms with E-state index in [2.05, 4.69) is 28.4 Å². The lowest BCUT2D eigenvalue weighted by atomic mass is 9.96. The second-order valence-corrected chi connectivity index (χ2v) is 6.52. The quantitative estimate of drug-likeness (QED) is 0.862. The van der Waals surface area contributed by atoms with Crippen LogP contribution in [0.1, 0.15) is 44.6 Å². The number of piperidine rings is 1. The van der Waals surface area contributed by atoms with E-state index in [4.69, 9.17) is 0 Å². The van der Waals surface area contributed by atoms with Crippen molar-refractivity contribution in [2.75, 3.05) is 13.1 Å². The van der Waals surface area contributed by atoms with Crippen LogP contribution in [0.5, 0.6) is 0 Å². The molecule has 2 aliphatic rings. The third-order valence-electron chi connectivity index (χ3n) is 4.98. The highest BCUT2D eigenvalue weighted by Crippen LogP contribution is 2.35. The molecule has 1 aromatic rings. The highest BCUT2D eigenvalue weighted by atomic mass is 15.2. The molecule has 0 radical (unpaired) electrons. The standard InChI is InChI=1S/C16H28N4/c1-3-7-17-14-9-15-4-5-16(10-14)20(15)8-6-13-11-18-19(2)12-13/h11-12,14-17H,3-10H2,1-2H3. The van der Waals surface area contributed by atoms with E-state index in [0.717, 1.165) is 24.5 Å². The van der Waals surface area contributed by atoms with Crippen LogP contribution in [0.15, 0.2) is 12.4 Å². The largest absolute Gasteiger partial charge is 0.314 e. The van der Waals surface area contributed by atoms with Crippen molar-refractivity contribution in [3.05, 3.63) is 18.0 Å². The molecule has 2 unspecified atom stereocenters. The topological polar surface area (TPSA) is 33.1 Å². The van der Waals surface area contributed by atoms with Crippen molar-refractivity contribution in [3.63, 3.8) is 0 Å². The zero-order chi connectivity index (χ0) is 13.9. The summed E-state index contributed by atoms with van der Waals surface area (Å²) in [6.07, 6.45) is 12.1. The minimum absolute atomic E-state index is 0.766. The van der Waals surface area contributed by atoms with Gasteiger partial charge in [0.1, 0.15) is 0 Å². The van der Waals surface area contributed by atoms with Crippen molar-refractivity contribution >= 4 is 0 Å². The number of fused-ring (bicyclic) bond motifs is 2. The van der Waals surface area contributed by atoms with Gasteiger partial charge in [-0.05, 0) is 50.6 Å². The van der Waals surface area contributed by atoms with Crippen LogP contribution in [-0.2, 0) is 13.5 Å². The third-order valence-corrected chi connectivity index (χ3v) is 4.98. The first-order chi connectivity index (χ1) is 9.76. The van der Waals surface area contributed by atoms with Gasteiger partial charge in [0.25, 0.3) is 0 Å². The summed E-state index contributed by atoms with van der Waals surface area (Å²) in [5, 5.41) is 8.00. The molecule has 112 valence electrons. The lowest BCUT2D eigenvalue weighted by Crippen LogP contribution is -2.49. The van der Waals surface area contributed by atoms with E-state index in [1.165, 1.54) is 50.8 Å². The van der Waals surface area contributed by atoms with Gasteiger partial charge in [-0.1, -0.05) is 6.92 Å². The summed E-state index contributed by atoms with van der Waals surface area (Å²) in [6.45, 7) is 4.64. The van der Waals surface area contributed by atoms with Gasteiger partial charge in [0.15, 0.2) is 0 Å². The highest BCUT2D eigenvalue weighted by Gasteiger charge is 2.39. The number of aromatic nitrogens is 2. The summed E-state index contributed by atoms with van der Waals surface area (Å²) in [7, 11) is 2.00. The first-order valence-corrected chi connectivity index (χ1v) is 8.23. The van der Waals surface area contributed by atoms with Crippen molar-refractivity contribution in [2.24, 2.45) is 7.05 Å². The lowest BCUT2D eigenvalue weighted by molar-refractivity contribution is 0.118. The zero-order valence-electron chi connectivity index (χ0n) is 12.9. The number of hydrogen-bond donors (Lipinski definition) is 1. The summed E-state index contributed by atoms with van der Waals surface area (Å²) in [4.78, 5) is 2.77. The maximum Gasteiger partial charge on any atom is 0.0522 e. The van der Waals surface area contributed by atoms with Gasteiger partial charge in [-0.15, -0.1) is 0 Å². The Morgan fingerprint density at radius 1 is 1.30 bits per heavy atom. The van der Waals surface area contributed by atoms with Crippen molar-refractivity contribution in [2.45, 2.75) is 63.6 Å². The molecular formula is C16H28N4. The average molecular weight is 276 g/mol. The van der Waals surface area contributed by atoms with E-state index in [1.54, 1.807) is 0 Å². The SMILES string of the molecule is CCCNC1CC2CCC(C1)N2CCc1cnn(C)c1. The number of nitrogens with zero attached hydrogens (tertiary/aromatic N) is 3. The molecule has 4 heteroatoms. The monoisotopic (exact) mass is 276 g/mol. The Bertz CT molecular complexity index is 414. The van der Waals surface area contributed by atoms with Crippen molar-refractivity contribution in [1.29, 1.82) is 0 Å². The summed E-state index contributed by atoms with van der Waals surface area (Å²) in [5.74, 6) is 0. The Hall–Kier alpha value is -0.870. The van der Waals surface area contributed by atoms with Crippen LogP contribution >= 0.6 is 0 Å². The summed E-state index contributed by atoms with van der Waals surface area (Å²) in [5.41, 5.74) is 1.37. The van der Waals surface area contributed by atoms with E-state index in [-0.39, 0.29) is 0 Å². The number of rotatable bonds is 6. The summed E-state index contributed by atoms with van der Waals surface area (Å²) < 4.78 is 1.91. The Labute approximate surface area is 122 Å². The molecule has 3 heterocycles. The molecule has 3 rings (SSSR count). The van der Waals surface area contributed by atoms with Gasteiger partial charge in [-0.2, -0.15) is 5.10 Å². The molecule has 0 spiro atoms. The fraction of sp³-hybridized carbons (Fsp3) is 0.812. The number of aryl methyl sites for hydroxylation is 1. The zero-order valence-corrected chi connectivity index (χ0v) is 12.9. The smallest absolute Gasteiger partial charge is 0.0522 e. The molecule has 4 nitrogen and oxygen atoms in total. The molecule has 0 amide bonds. The predicted octanol–water partition coefficient (Wildman–Crippen LogP) is 1.96. The molecule has 0 aromatic carbocycles.